The van der Waals surface area contributed by atoms with E-state index >= 15 is 0 Å². The zero-order chi connectivity index (χ0) is 26.1. The summed E-state index contributed by atoms with van der Waals surface area (Å²) in [6.45, 7) is 7.29. The van der Waals surface area contributed by atoms with Crippen molar-refractivity contribution in [3.8, 4) is 17.4 Å². The first kappa shape index (κ1) is 24.8. The van der Waals surface area contributed by atoms with Gasteiger partial charge in [0.15, 0.2) is 11.2 Å². The molecule has 4 heterocycles. The molecule has 0 spiro atoms. The molecule has 1 atom stereocenters. The van der Waals surface area contributed by atoms with Gasteiger partial charge in [-0.25, -0.2) is 4.98 Å². The van der Waals surface area contributed by atoms with Crippen LogP contribution in [0.4, 0.5) is 11.5 Å². The number of piperidine rings is 1. The molecule has 3 aromatic heterocycles. The summed E-state index contributed by atoms with van der Waals surface area (Å²) < 4.78 is 6.44. The minimum absolute atomic E-state index is 0.0496. The molecule has 0 saturated carbocycles. The van der Waals surface area contributed by atoms with E-state index in [9.17, 15) is 10.1 Å². The monoisotopic (exact) mass is 513 g/mol. The number of aromatic nitrogens is 2. The zero-order valence-corrected chi connectivity index (χ0v) is 21.8. The lowest BCUT2D eigenvalue weighted by atomic mass is 9.98. The van der Waals surface area contributed by atoms with Gasteiger partial charge in [0.25, 0.3) is 0 Å². The molecule has 8 heteroatoms. The fourth-order valence-electron chi connectivity index (χ4n) is 4.97. The Balaban J connectivity index is 1.56. The van der Waals surface area contributed by atoms with Crippen molar-refractivity contribution in [3.63, 3.8) is 0 Å². The first-order valence-corrected chi connectivity index (χ1v) is 12.8. The van der Waals surface area contributed by atoms with Crippen LogP contribution in [0, 0.1) is 31.1 Å². The average Bonchev–Trinajstić information content (AvgIpc) is 2.92. The Labute approximate surface area is 220 Å². The van der Waals surface area contributed by atoms with E-state index in [0.717, 1.165) is 54.1 Å². The summed E-state index contributed by atoms with van der Waals surface area (Å²) in [6.07, 6.45) is 4.99. The number of fused-ring (bicyclic) bond motifs is 1. The number of nitrogens with zero attached hydrogens (tertiary/aromatic N) is 4. The maximum Gasteiger partial charge on any atom is 0.196 e. The van der Waals surface area contributed by atoms with Crippen LogP contribution in [0.3, 0.4) is 0 Å². The molecule has 1 aliphatic rings. The molecule has 1 aliphatic heterocycles. The Morgan fingerprint density at radius 3 is 2.70 bits per heavy atom. The van der Waals surface area contributed by atoms with Gasteiger partial charge in [-0.2, -0.15) is 5.26 Å². The van der Waals surface area contributed by atoms with E-state index in [1.165, 1.54) is 0 Å². The van der Waals surface area contributed by atoms with Crippen LogP contribution in [0.5, 0.6) is 0 Å². The fraction of sp³-hybridized carbons (Fsp3) is 0.310. The van der Waals surface area contributed by atoms with Gasteiger partial charge < -0.3 is 14.6 Å². The molecule has 37 heavy (non-hydrogen) atoms. The number of aryl methyl sites for hydroxylation is 1. The second kappa shape index (κ2) is 10.2. The molecule has 188 valence electrons. The Morgan fingerprint density at radius 2 is 2.00 bits per heavy atom. The van der Waals surface area contributed by atoms with Crippen molar-refractivity contribution in [1.82, 2.24) is 9.97 Å². The van der Waals surface area contributed by atoms with E-state index in [0.29, 0.717) is 27.4 Å². The number of nitriles is 1. The van der Waals surface area contributed by atoms with Crippen molar-refractivity contribution in [2.75, 3.05) is 23.3 Å². The van der Waals surface area contributed by atoms with Crippen LogP contribution in [-0.4, -0.2) is 23.1 Å². The van der Waals surface area contributed by atoms with Crippen molar-refractivity contribution >= 4 is 34.1 Å². The van der Waals surface area contributed by atoms with Crippen molar-refractivity contribution in [1.29, 1.82) is 5.26 Å². The lowest BCUT2D eigenvalue weighted by Gasteiger charge is -2.32. The molecule has 5 rings (SSSR count). The van der Waals surface area contributed by atoms with Crippen molar-refractivity contribution in [2.45, 2.75) is 39.7 Å². The lowest BCUT2D eigenvalue weighted by molar-refractivity contribution is 0.485. The van der Waals surface area contributed by atoms with Gasteiger partial charge in [-0.05, 0) is 69.5 Å². The highest BCUT2D eigenvalue weighted by molar-refractivity contribution is 6.29. The summed E-state index contributed by atoms with van der Waals surface area (Å²) in [5.41, 5.74) is 4.51. The first-order valence-electron chi connectivity index (χ1n) is 12.4. The predicted molar refractivity (Wildman–Crippen MR) is 147 cm³/mol. The minimum Gasteiger partial charge on any atom is -0.455 e. The highest BCUT2D eigenvalue weighted by Gasteiger charge is 2.24. The van der Waals surface area contributed by atoms with Gasteiger partial charge >= 0.3 is 0 Å². The van der Waals surface area contributed by atoms with Crippen molar-refractivity contribution < 1.29 is 4.42 Å². The van der Waals surface area contributed by atoms with Crippen molar-refractivity contribution in [3.05, 3.63) is 80.9 Å². The van der Waals surface area contributed by atoms with E-state index < -0.39 is 0 Å². The highest BCUT2D eigenvalue weighted by Crippen LogP contribution is 2.35. The Kier molecular flexibility index (Phi) is 6.86. The molecule has 1 fully saturated rings. The second-order valence-corrected chi connectivity index (χ2v) is 10.0. The van der Waals surface area contributed by atoms with Crippen LogP contribution in [0.25, 0.3) is 22.3 Å². The molecule has 1 saturated heterocycles. The largest absolute Gasteiger partial charge is 0.455 e. The minimum atomic E-state index is -0.201. The number of hydrogen-bond donors (Lipinski definition) is 1. The van der Waals surface area contributed by atoms with E-state index in [-0.39, 0.29) is 17.4 Å². The number of anilines is 2. The Bertz CT molecular complexity index is 1550. The fourth-order valence-corrected chi connectivity index (χ4v) is 5.12. The maximum atomic E-state index is 13.4. The molecule has 0 amide bonds. The maximum absolute atomic E-state index is 13.4. The lowest BCUT2D eigenvalue weighted by Crippen LogP contribution is -2.34. The van der Waals surface area contributed by atoms with Crippen LogP contribution >= 0.6 is 11.6 Å². The molecule has 0 bridgehead atoms. The summed E-state index contributed by atoms with van der Waals surface area (Å²) in [6, 6.07) is 13.5. The third-order valence-electron chi connectivity index (χ3n) is 6.97. The van der Waals surface area contributed by atoms with Crippen LogP contribution < -0.4 is 15.6 Å². The summed E-state index contributed by atoms with van der Waals surface area (Å²) in [7, 11) is 0. The normalized spacial score (nSPS) is 14.9. The molecule has 0 aliphatic carbocycles. The van der Waals surface area contributed by atoms with Gasteiger partial charge in [0, 0.05) is 48.1 Å². The molecule has 0 radical (unpaired) electrons. The summed E-state index contributed by atoms with van der Waals surface area (Å²) in [4.78, 5) is 24.4. The average molecular weight is 514 g/mol. The van der Waals surface area contributed by atoms with Gasteiger partial charge in [-0.1, -0.05) is 17.7 Å². The third-order valence-corrected chi connectivity index (χ3v) is 7.18. The number of halogens is 1. The molecule has 7 nitrogen and oxygen atoms in total. The van der Waals surface area contributed by atoms with E-state index in [1.807, 2.05) is 44.2 Å². The number of hydrogen-bond acceptors (Lipinski definition) is 7. The smallest absolute Gasteiger partial charge is 0.196 e. The summed E-state index contributed by atoms with van der Waals surface area (Å²) >= 11 is 6.28. The molecule has 0 unspecified atom stereocenters. The first-order chi connectivity index (χ1) is 17.9. The SMILES string of the molecule is Cc1cc([C@@H](C)Nc2ccc(Cl)nc2N2CCC(C#N)CC2)c2oc(-c3cccnc3)c(C)c(=O)c2c1. The van der Waals surface area contributed by atoms with Crippen LogP contribution in [0.15, 0.2) is 58.0 Å². The van der Waals surface area contributed by atoms with E-state index in [1.54, 1.807) is 25.4 Å². The second-order valence-electron chi connectivity index (χ2n) is 9.62. The van der Waals surface area contributed by atoms with Crippen molar-refractivity contribution in [2.24, 2.45) is 5.92 Å². The van der Waals surface area contributed by atoms with E-state index in [2.05, 4.69) is 26.3 Å². The quantitative estimate of drug-likeness (QED) is 0.307. The zero-order valence-electron chi connectivity index (χ0n) is 21.1. The third kappa shape index (κ3) is 4.90. The number of pyridine rings is 2. The molecule has 1 N–H and O–H groups in total. The van der Waals surface area contributed by atoms with Crippen LogP contribution in [-0.2, 0) is 0 Å². The van der Waals surface area contributed by atoms with Gasteiger partial charge in [0.1, 0.15) is 16.5 Å². The van der Waals surface area contributed by atoms with Crippen LogP contribution in [0.1, 0.15) is 42.5 Å². The topological polar surface area (TPSA) is 95.1 Å². The standard InChI is InChI=1S/C29H28ClN5O2/c1-17-13-22(28-23(14-17)26(36)18(2)27(37-28)21-5-4-10-32-16-21)19(3)33-24-6-7-25(30)34-29(24)35-11-8-20(15-31)9-12-35/h4-7,10,13-14,16,19-20,33H,8-9,11-12H2,1-3H3/t19-/m1/s1. The molecular weight excluding hydrogens is 486 g/mol. The molecular formula is C29H28ClN5O2. The number of benzene rings is 1. The van der Waals surface area contributed by atoms with Gasteiger partial charge in [-0.15, -0.1) is 0 Å². The Morgan fingerprint density at radius 1 is 1.22 bits per heavy atom. The number of nitrogens with one attached hydrogen (secondary N) is 1. The van der Waals surface area contributed by atoms with Gasteiger partial charge in [0.2, 0.25) is 0 Å². The number of rotatable bonds is 5. The molecule has 1 aromatic carbocycles. The Hall–Kier alpha value is -3.89. The van der Waals surface area contributed by atoms with Crippen LogP contribution in [0.2, 0.25) is 5.15 Å². The van der Waals surface area contributed by atoms with E-state index in [4.69, 9.17) is 16.0 Å². The summed E-state index contributed by atoms with van der Waals surface area (Å²) in [5, 5.41) is 13.8. The highest BCUT2D eigenvalue weighted by atomic mass is 35.5. The van der Waals surface area contributed by atoms with Gasteiger partial charge in [-0.3, -0.25) is 9.78 Å². The van der Waals surface area contributed by atoms with Gasteiger partial charge in [0.05, 0.1) is 23.2 Å². The predicted octanol–water partition coefficient (Wildman–Crippen LogP) is 6.43. The summed E-state index contributed by atoms with van der Waals surface area (Å²) in [5.74, 6) is 1.36. The molecule has 4 aromatic rings.